The summed E-state index contributed by atoms with van der Waals surface area (Å²) < 4.78 is 6.12. The lowest BCUT2D eigenvalue weighted by molar-refractivity contribution is 0.0714. The second-order valence-corrected chi connectivity index (χ2v) is 8.24. The number of fused-ring (bicyclic) bond motifs is 2. The van der Waals surface area contributed by atoms with E-state index in [1.54, 1.807) is 17.3 Å². The summed E-state index contributed by atoms with van der Waals surface area (Å²) in [4.78, 5) is 33.0. The second kappa shape index (κ2) is 7.20. The molecule has 1 aliphatic heterocycles. The van der Waals surface area contributed by atoms with E-state index in [4.69, 9.17) is 4.42 Å². The molecular formula is C26H22N2O3. The minimum absolute atomic E-state index is 0.138. The molecule has 0 aliphatic carbocycles. The van der Waals surface area contributed by atoms with Gasteiger partial charge in [0.1, 0.15) is 5.58 Å². The van der Waals surface area contributed by atoms with E-state index in [9.17, 15) is 9.59 Å². The maximum Gasteiger partial charge on any atom is 0.291 e. The smallest absolute Gasteiger partial charge is 0.291 e. The molecule has 2 aromatic carbocycles. The first-order valence-corrected chi connectivity index (χ1v) is 10.3. The third-order valence-corrected chi connectivity index (χ3v) is 5.87. The van der Waals surface area contributed by atoms with E-state index in [2.05, 4.69) is 4.98 Å². The zero-order valence-electron chi connectivity index (χ0n) is 17.7. The zero-order chi connectivity index (χ0) is 21.7. The van der Waals surface area contributed by atoms with Gasteiger partial charge < -0.3 is 9.32 Å². The molecule has 154 valence electrons. The summed E-state index contributed by atoms with van der Waals surface area (Å²) in [5.41, 5.74) is 5.48. The lowest BCUT2D eigenvalue weighted by Gasteiger charge is -2.25. The number of aromatic nitrogens is 1. The van der Waals surface area contributed by atoms with Gasteiger partial charge in [-0.3, -0.25) is 14.6 Å². The molecular weight excluding hydrogens is 388 g/mol. The van der Waals surface area contributed by atoms with E-state index in [1.165, 1.54) is 0 Å². The molecule has 0 bridgehead atoms. The van der Waals surface area contributed by atoms with Gasteiger partial charge in [0.25, 0.3) is 5.91 Å². The van der Waals surface area contributed by atoms with Gasteiger partial charge in [-0.15, -0.1) is 0 Å². The predicted molar refractivity (Wildman–Crippen MR) is 119 cm³/mol. The van der Waals surface area contributed by atoms with Gasteiger partial charge in [0, 0.05) is 18.9 Å². The van der Waals surface area contributed by atoms with Crippen molar-refractivity contribution >= 4 is 16.9 Å². The molecule has 5 heteroatoms. The lowest BCUT2D eigenvalue weighted by atomic mass is 9.96. The quantitative estimate of drug-likeness (QED) is 0.484. The highest BCUT2D eigenvalue weighted by Gasteiger charge is 2.42. The van der Waals surface area contributed by atoms with Crippen LogP contribution in [0.2, 0.25) is 0 Å². The van der Waals surface area contributed by atoms with Crippen LogP contribution in [0, 0.1) is 20.8 Å². The highest BCUT2D eigenvalue weighted by molar-refractivity contribution is 5.99. The summed E-state index contributed by atoms with van der Waals surface area (Å²) in [6.45, 7) is 6.20. The number of carbonyl (C=O) groups excluding carboxylic acids is 1. The van der Waals surface area contributed by atoms with Crippen LogP contribution in [-0.2, 0) is 6.54 Å². The van der Waals surface area contributed by atoms with Gasteiger partial charge in [-0.25, -0.2) is 0 Å². The summed E-state index contributed by atoms with van der Waals surface area (Å²) in [6.07, 6.45) is 3.44. The SMILES string of the molecule is Cc1ccc([C@H]2c3c(oc4c(C)cc(C)cc4c3=O)C(=O)N2Cc2cccnc2)cc1. The van der Waals surface area contributed by atoms with Crippen LogP contribution in [0.1, 0.15) is 50.0 Å². The fraction of sp³-hybridized carbons (Fsp3) is 0.192. The highest BCUT2D eigenvalue weighted by Crippen LogP contribution is 2.39. The maximum atomic E-state index is 13.7. The monoisotopic (exact) mass is 410 g/mol. The summed E-state index contributed by atoms with van der Waals surface area (Å²) >= 11 is 0. The molecule has 1 amide bonds. The van der Waals surface area contributed by atoms with Crippen LogP contribution in [0.25, 0.3) is 11.0 Å². The fourth-order valence-corrected chi connectivity index (χ4v) is 4.42. The number of benzene rings is 2. The first-order chi connectivity index (χ1) is 14.9. The molecule has 4 aromatic rings. The van der Waals surface area contributed by atoms with E-state index < -0.39 is 6.04 Å². The Bertz CT molecular complexity index is 1370. The normalized spacial score (nSPS) is 15.5. The summed E-state index contributed by atoms with van der Waals surface area (Å²) in [7, 11) is 0. The molecule has 5 rings (SSSR count). The molecule has 0 N–H and O–H groups in total. The fourth-order valence-electron chi connectivity index (χ4n) is 4.42. The van der Waals surface area contributed by atoms with Crippen molar-refractivity contribution in [3.8, 4) is 0 Å². The van der Waals surface area contributed by atoms with Crippen LogP contribution in [0.4, 0.5) is 0 Å². The van der Waals surface area contributed by atoms with Crippen LogP contribution in [0.3, 0.4) is 0 Å². The molecule has 5 nitrogen and oxygen atoms in total. The van der Waals surface area contributed by atoms with Crippen molar-refractivity contribution in [2.75, 3.05) is 0 Å². The Morgan fingerprint density at radius 2 is 1.77 bits per heavy atom. The molecule has 0 saturated heterocycles. The summed E-state index contributed by atoms with van der Waals surface area (Å²) in [6, 6.07) is 15.0. The Labute approximate surface area is 180 Å². The van der Waals surface area contributed by atoms with Crippen LogP contribution in [-0.4, -0.2) is 15.8 Å². The molecule has 0 spiro atoms. The van der Waals surface area contributed by atoms with E-state index >= 15 is 0 Å². The molecule has 1 atom stereocenters. The molecule has 0 radical (unpaired) electrons. The third-order valence-electron chi connectivity index (χ3n) is 5.87. The Balaban J connectivity index is 1.76. The van der Waals surface area contributed by atoms with E-state index in [0.29, 0.717) is 23.1 Å². The van der Waals surface area contributed by atoms with Gasteiger partial charge in [0.15, 0.2) is 5.43 Å². The third kappa shape index (κ3) is 3.13. The van der Waals surface area contributed by atoms with Crippen molar-refractivity contribution in [2.45, 2.75) is 33.4 Å². The average Bonchev–Trinajstić information content (AvgIpc) is 3.03. The Hall–Kier alpha value is -3.73. The molecule has 0 saturated carbocycles. The Morgan fingerprint density at radius 3 is 2.48 bits per heavy atom. The molecule has 0 unspecified atom stereocenters. The van der Waals surface area contributed by atoms with Crippen molar-refractivity contribution in [1.29, 1.82) is 0 Å². The van der Waals surface area contributed by atoms with Gasteiger partial charge in [-0.1, -0.05) is 42.0 Å². The standard InChI is InChI=1S/C26H22N2O3/c1-15-6-8-19(9-7-15)22-21-23(29)20-12-16(2)11-17(3)24(20)31-25(21)26(30)28(22)14-18-5-4-10-27-13-18/h4-13,22H,14H2,1-3H3/t22-/m0/s1. The molecule has 3 heterocycles. The topological polar surface area (TPSA) is 63.4 Å². The van der Waals surface area contributed by atoms with Crippen molar-refractivity contribution < 1.29 is 9.21 Å². The minimum Gasteiger partial charge on any atom is -0.450 e. The van der Waals surface area contributed by atoms with Crippen LogP contribution >= 0.6 is 0 Å². The Kier molecular flexibility index (Phi) is 4.47. The molecule has 2 aromatic heterocycles. The van der Waals surface area contributed by atoms with Crippen molar-refractivity contribution in [2.24, 2.45) is 0 Å². The van der Waals surface area contributed by atoms with Crippen LogP contribution in [0.5, 0.6) is 0 Å². The number of amides is 1. The number of hydrogen-bond acceptors (Lipinski definition) is 4. The summed E-state index contributed by atoms with van der Waals surface area (Å²) in [5.74, 6) is -0.137. The number of nitrogens with zero attached hydrogens (tertiary/aromatic N) is 2. The number of hydrogen-bond donors (Lipinski definition) is 0. The van der Waals surface area contributed by atoms with Crippen molar-refractivity contribution in [1.82, 2.24) is 9.88 Å². The maximum absolute atomic E-state index is 13.7. The van der Waals surface area contributed by atoms with E-state index in [-0.39, 0.29) is 17.1 Å². The van der Waals surface area contributed by atoms with Gasteiger partial charge >= 0.3 is 0 Å². The van der Waals surface area contributed by atoms with Gasteiger partial charge in [-0.2, -0.15) is 0 Å². The van der Waals surface area contributed by atoms with Gasteiger partial charge in [0.05, 0.1) is 17.0 Å². The van der Waals surface area contributed by atoms with Gasteiger partial charge in [-0.05, 0) is 55.2 Å². The average molecular weight is 410 g/mol. The van der Waals surface area contributed by atoms with E-state index in [1.807, 2.05) is 69.3 Å². The second-order valence-electron chi connectivity index (χ2n) is 8.24. The van der Waals surface area contributed by atoms with Crippen molar-refractivity contribution in [3.05, 3.63) is 110 Å². The first-order valence-electron chi connectivity index (χ1n) is 10.3. The predicted octanol–water partition coefficient (Wildman–Crippen LogP) is 4.86. The van der Waals surface area contributed by atoms with Gasteiger partial charge in [0.2, 0.25) is 5.76 Å². The minimum atomic E-state index is -0.509. The lowest BCUT2D eigenvalue weighted by Crippen LogP contribution is -2.29. The van der Waals surface area contributed by atoms with Crippen LogP contribution < -0.4 is 5.43 Å². The van der Waals surface area contributed by atoms with E-state index in [0.717, 1.165) is 27.8 Å². The Morgan fingerprint density at radius 1 is 1.00 bits per heavy atom. The highest BCUT2D eigenvalue weighted by atomic mass is 16.3. The number of aryl methyl sites for hydroxylation is 3. The molecule has 0 fully saturated rings. The number of pyridine rings is 1. The molecule has 1 aliphatic rings. The first kappa shape index (κ1) is 19.2. The largest absolute Gasteiger partial charge is 0.450 e. The molecule has 31 heavy (non-hydrogen) atoms. The zero-order valence-corrected chi connectivity index (χ0v) is 17.7. The number of carbonyl (C=O) groups is 1. The summed E-state index contributed by atoms with van der Waals surface area (Å²) in [5, 5.41) is 0.518. The van der Waals surface area contributed by atoms with Crippen molar-refractivity contribution in [3.63, 3.8) is 0 Å². The van der Waals surface area contributed by atoms with Crippen LogP contribution in [0.15, 0.2) is 70.1 Å². The number of rotatable bonds is 3.